The molecule has 1 saturated heterocycles. The van der Waals surface area contributed by atoms with Crippen molar-refractivity contribution in [1.29, 1.82) is 0 Å². The summed E-state index contributed by atoms with van der Waals surface area (Å²) in [6, 6.07) is 3.94. The number of rotatable bonds is 6. The largest absolute Gasteiger partial charge is 0.483 e. The molecule has 2 aromatic rings. The second kappa shape index (κ2) is 14.5. The number of alkyl carbamates (subject to hydrolysis) is 1. The summed E-state index contributed by atoms with van der Waals surface area (Å²) in [4.78, 5) is 61.2. The summed E-state index contributed by atoms with van der Waals surface area (Å²) in [5.74, 6) is -3.35. The van der Waals surface area contributed by atoms with Gasteiger partial charge in [0.25, 0.3) is 5.91 Å². The Hall–Kier alpha value is -4.41. The Balaban J connectivity index is 1.25. The van der Waals surface area contributed by atoms with Crippen LogP contribution in [0.4, 0.5) is 18.0 Å². The van der Waals surface area contributed by atoms with Crippen LogP contribution in [0.1, 0.15) is 96.2 Å². The minimum absolute atomic E-state index is 0.0152. The molecule has 56 heavy (non-hydrogen) atoms. The van der Waals surface area contributed by atoms with Crippen molar-refractivity contribution >= 4 is 44.7 Å². The number of nitrogens with one attached hydrogen (secondary N) is 3. The molecule has 0 radical (unpaired) electrons. The number of carbonyl (C=O) groups is 4. The number of aromatic nitrogens is 1. The lowest BCUT2D eigenvalue weighted by atomic mass is 9.87. The van der Waals surface area contributed by atoms with Crippen LogP contribution in [0.2, 0.25) is 0 Å². The number of para-hydroxylation sites is 1. The number of fused-ring (bicyclic) bond motifs is 5. The highest BCUT2D eigenvalue weighted by atomic mass is 32.2. The lowest BCUT2D eigenvalue weighted by Crippen LogP contribution is -2.58. The Morgan fingerprint density at radius 3 is 2.57 bits per heavy atom. The molecular formula is C39H48F3N5O8S. The standard InChI is InChI=1S/C39H48F3N5O8S/c1-23(2)21-54-35(51)44-28-14-8-6-4-5-7-11-24-19-38(24,34(50)46-56(52,53)36(3)17-18-36)45-32(48)29-20-37(22-47(29)33(28)49)16-15-26-25-12-9-10-13-27(25)43-31(30(26)55-37)39(40,41)42/h7,9-13,23-24,28-29H,4-6,8,14-22H2,1-3H3,(H,44,51)(H,45,48)(H,46,50). The Kier molecular flexibility index (Phi) is 10.3. The van der Waals surface area contributed by atoms with Gasteiger partial charge in [0.05, 0.1) is 23.4 Å². The van der Waals surface area contributed by atoms with E-state index in [4.69, 9.17) is 9.47 Å². The van der Waals surface area contributed by atoms with Gasteiger partial charge < -0.3 is 25.0 Å². The number of carbonyl (C=O) groups excluding carboxylic acids is 4. The predicted octanol–water partition coefficient (Wildman–Crippen LogP) is 5.06. The van der Waals surface area contributed by atoms with Crippen LogP contribution in [0.15, 0.2) is 36.4 Å². The fourth-order valence-electron chi connectivity index (χ4n) is 8.10. The van der Waals surface area contributed by atoms with Crippen molar-refractivity contribution in [3.8, 4) is 5.75 Å². The highest BCUT2D eigenvalue weighted by Crippen LogP contribution is 2.50. The molecule has 2 saturated carbocycles. The number of aryl methyl sites for hydroxylation is 1. The maximum absolute atomic E-state index is 14.6. The molecular weight excluding hydrogens is 756 g/mol. The number of benzene rings is 1. The van der Waals surface area contributed by atoms with Crippen LogP contribution in [0, 0.1) is 11.8 Å². The molecule has 17 heteroatoms. The van der Waals surface area contributed by atoms with E-state index in [9.17, 15) is 40.8 Å². The Morgan fingerprint density at radius 1 is 1.11 bits per heavy atom. The topological polar surface area (TPSA) is 173 Å². The number of nitrogens with zero attached hydrogens (tertiary/aromatic N) is 2. The average Bonchev–Trinajstić information content (AvgIpc) is 4.03. The predicted molar refractivity (Wildman–Crippen MR) is 198 cm³/mol. The third-order valence-corrected chi connectivity index (χ3v) is 14.0. The lowest BCUT2D eigenvalue weighted by Gasteiger charge is -2.37. The number of allylic oxidation sites excluding steroid dienone is 1. The summed E-state index contributed by atoms with van der Waals surface area (Å²) in [6.07, 6.45) is 1.56. The number of hydrogen-bond donors (Lipinski definition) is 3. The number of hydrogen-bond acceptors (Lipinski definition) is 9. The van der Waals surface area contributed by atoms with Gasteiger partial charge in [0.15, 0.2) is 11.4 Å². The molecule has 5 aliphatic rings. The number of pyridine rings is 1. The molecule has 1 spiro atoms. The zero-order chi connectivity index (χ0) is 40.3. The third kappa shape index (κ3) is 7.67. The van der Waals surface area contributed by atoms with E-state index in [-0.39, 0.29) is 56.7 Å². The average molecular weight is 804 g/mol. The monoisotopic (exact) mass is 803 g/mol. The molecule has 304 valence electrons. The first-order chi connectivity index (χ1) is 26.4. The molecule has 1 aromatic heterocycles. The van der Waals surface area contributed by atoms with Gasteiger partial charge in [-0.1, -0.05) is 57.0 Å². The normalized spacial score (nSPS) is 28.9. The van der Waals surface area contributed by atoms with Gasteiger partial charge in [0.1, 0.15) is 23.2 Å². The van der Waals surface area contributed by atoms with Gasteiger partial charge in [-0.25, -0.2) is 18.2 Å². The number of amides is 4. The van der Waals surface area contributed by atoms with Crippen LogP contribution in [-0.4, -0.2) is 83.2 Å². The Bertz CT molecular complexity index is 2070. The number of sulfonamides is 1. The fourth-order valence-corrected chi connectivity index (χ4v) is 9.41. The maximum atomic E-state index is 14.6. The van der Waals surface area contributed by atoms with Gasteiger partial charge in [-0.3, -0.25) is 19.1 Å². The van der Waals surface area contributed by atoms with Gasteiger partial charge in [0.2, 0.25) is 21.8 Å². The molecule has 2 aliphatic carbocycles. The zero-order valence-electron chi connectivity index (χ0n) is 31.7. The van der Waals surface area contributed by atoms with E-state index < -0.39 is 85.3 Å². The first kappa shape index (κ1) is 39.8. The third-order valence-electron chi connectivity index (χ3n) is 11.8. The van der Waals surface area contributed by atoms with E-state index in [0.717, 1.165) is 0 Å². The summed E-state index contributed by atoms with van der Waals surface area (Å²) >= 11 is 0. The molecule has 3 N–H and O–H groups in total. The highest BCUT2D eigenvalue weighted by Gasteiger charge is 2.64. The van der Waals surface area contributed by atoms with E-state index in [2.05, 4.69) is 20.3 Å². The van der Waals surface area contributed by atoms with Crippen molar-refractivity contribution in [1.82, 2.24) is 25.2 Å². The Labute approximate surface area is 323 Å². The molecule has 3 fully saturated rings. The quantitative estimate of drug-likeness (QED) is 0.338. The molecule has 0 bridgehead atoms. The fraction of sp³-hybridized carbons (Fsp3) is 0.615. The zero-order valence-corrected chi connectivity index (χ0v) is 32.5. The SMILES string of the molecule is CC(C)COC(=O)NC1CCCCCC=CC2CC2(C(=O)NS(=O)(=O)C2(C)CC2)NC(=O)C2CC3(CCc4c(c(C(F)(F)F)nc5ccccc45)O3)CN2C1=O. The molecule has 3 aliphatic heterocycles. The van der Waals surface area contributed by atoms with Crippen LogP contribution >= 0.6 is 0 Å². The molecule has 5 atom stereocenters. The number of halogens is 3. The molecule has 5 unspecified atom stereocenters. The van der Waals surface area contributed by atoms with Crippen molar-refractivity contribution in [2.45, 2.75) is 126 Å². The van der Waals surface area contributed by atoms with Crippen LogP contribution in [0.5, 0.6) is 5.75 Å². The van der Waals surface area contributed by atoms with Crippen molar-refractivity contribution < 1.29 is 50.2 Å². The second-order valence-electron chi connectivity index (χ2n) is 16.7. The van der Waals surface area contributed by atoms with Gasteiger partial charge in [-0.15, -0.1) is 0 Å². The molecule has 7 rings (SSSR count). The first-order valence-corrected chi connectivity index (χ1v) is 20.8. The number of alkyl halides is 3. The summed E-state index contributed by atoms with van der Waals surface area (Å²) in [5, 5.41) is 5.94. The van der Waals surface area contributed by atoms with Crippen LogP contribution in [-0.2, 0) is 41.7 Å². The van der Waals surface area contributed by atoms with E-state index >= 15 is 0 Å². The molecule has 13 nitrogen and oxygen atoms in total. The minimum atomic E-state index is -4.89. The van der Waals surface area contributed by atoms with E-state index in [1.165, 1.54) is 17.9 Å². The Morgan fingerprint density at radius 2 is 1.86 bits per heavy atom. The van der Waals surface area contributed by atoms with Gasteiger partial charge in [-0.05, 0) is 70.3 Å². The van der Waals surface area contributed by atoms with E-state index in [1.54, 1.807) is 24.3 Å². The summed E-state index contributed by atoms with van der Waals surface area (Å²) in [6.45, 7) is 5.03. The molecule has 4 amide bonds. The van der Waals surface area contributed by atoms with Crippen molar-refractivity contribution in [3.05, 3.63) is 47.7 Å². The molecule has 4 heterocycles. The van der Waals surface area contributed by atoms with Crippen LogP contribution < -0.4 is 20.1 Å². The summed E-state index contributed by atoms with van der Waals surface area (Å²) in [5.41, 5.74) is -3.88. The van der Waals surface area contributed by atoms with Crippen molar-refractivity contribution in [3.63, 3.8) is 0 Å². The van der Waals surface area contributed by atoms with Gasteiger partial charge >= 0.3 is 12.3 Å². The lowest BCUT2D eigenvalue weighted by molar-refractivity contribution is -0.144. The van der Waals surface area contributed by atoms with Crippen LogP contribution in [0.25, 0.3) is 10.9 Å². The highest BCUT2D eigenvalue weighted by molar-refractivity contribution is 7.91. The summed E-state index contributed by atoms with van der Waals surface area (Å²) in [7, 11) is -4.08. The van der Waals surface area contributed by atoms with Crippen molar-refractivity contribution in [2.75, 3.05) is 13.2 Å². The maximum Gasteiger partial charge on any atom is 0.437 e. The summed E-state index contributed by atoms with van der Waals surface area (Å²) < 4.78 is 82.9. The molecule has 1 aromatic carbocycles. The van der Waals surface area contributed by atoms with Gasteiger partial charge in [0, 0.05) is 23.3 Å². The second-order valence-corrected chi connectivity index (χ2v) is 18.9. The number of ether oxygens (including phenoxy) is 2. The van der Waals surface area contributed by atoms with E-state index in [1.807, 2.05) is 19.9 Å². The minimum Gasteiger partial charge on any atom is -0.483 e. The van der Waals surface area contributed by atoms with Crippen LogP contribution in [0.3, 0.4) is 0 Å². The van der Waals surface area contributed by atoms with Crippen molar-refractivity contribution in [2.24, 2.45) is 11.8 Å². The first-order valence-electron chi connectivity index (χ1n) is 19.3. The smallest absolute Gasteiger partial charge is 0.437 e. The van der Waals surface area contributed by atoms with Gasteiger partial charge in [-0.2, -0.15) is 13.2 Å². The van der Waals surface area contributed by atoms with E-state index in [0.29, 0.717) is 49.5 Å².